The Morgan fingerprint density at radius 1 is 0.575 bits per heavy atom. The van der Waals surface area contributed by atoms with Gasteiger partial charge in [0.05, 0.1) is 38.6 Å². The molecular formula is C30H38N2O8. The number of ether oxygens (including phenoxy) is 2. The number of hydrogen-bond donors (Lipinski definition) is 6. The lowest BCUT2D eigenvalue weighted by Crippen LogP contribution is -2.30. The van der Waals surface area contributed by atoms with E-state index in [1.54, 1.807) is 0 Å². The van der Waals surface area contributed by atoms with Gasteiger partial charge in [-0.3, -0.25) is 0 Å². The van der Waals surface area contributed by atoms with Crippen molar-refractivity contribution in [2.75, 3.05) is 26.3 Å². The normalized spacial score (nSPS) is 12.2. The van der Waals surface area contributed by atoms with E-state index in [4.69, 9.17) is 29.3 Å². The van der Waals surface area contributed by atoms with Crippen molar-refractivity contribution < 1.29 is 39.5 Å². The fourth-order valence-corrected chi connectivity index (χ4v) is 3.43. The maximum atomic E-state index is 10.1. The second-order valence-electron chi connectivity index (χ2n) is 9.00. The standard InChI is InChI=1S/C28H36N2O4.C2H2O4/c31-27(21-33-19-25-7-3-1-4-8-25)17-29-15-23-11-13-24(14-12-23)16-30-18-28(32)22-34-20-26-9-5-2-6-10-26;3-1(4)2(5)6/h1-14,27-32H,15-22H2;(H,3,4)(H,5,6). The lowest BCUT2D eigenvalue weighted by molar-refractivity contribution is -0.159. The first-order valence-electron chi connectivity index (χ1n) is 12.9. The summed E-state index contributed by atoms with van der Waals surface area (Å²) >= 11 is 0. The maximum absolute atomic E-state index is 10.1. The minimum Gasteiger partial charge on any atom is -0.473 e. The summed E-state index contributed by atoms with van der Waals surface area (Å²) in [4.78, 5) is 18.2. The Morgan fingerprint density at radius 3 is 1.25 bits per heavy atom. The Labute approximate surface area is 234 Å². The number of rotatable bonds is 16. The van der Waals surface area contributed by atoms with Gasteiger partial charge in [-0.1, -0.05) is 84.9 Å². The molecule has 40 heavy (non-hydrogen) atoms. The molecule has 10 heteroatoms. The molecule has 0 saturated heterocycles. The van der Waals surface area contributed by atoms with Crippen LogP contribution in [-0.4, -0.2) is 70.9 Å². The molecule has 3 aromatic rings. The Hall–Kier alpha value is -3.64. The molecule has 0 fully saturated rings. The molecule has 0 aliphatic heterocycles. The number of aliphatic hydroxyl groups is 2. The van der Waals surface area contributed by atoms with Crippen LogP contribution in [0.5, 0.6) is 0 Å². The van der Waals surface area contributed by atoms with Gasteiger partial charge in [0.25, 0.3) is 0 Å². The van der Waals surface area contributed by atoms with Crippen LogP contribution in [0.4, 0.5) is 0 Å². The summed E-state index contributed by atoms with van der Waals surface area (Å²) in [6, 6.07) is 28.2. The number of hydrogen-bond acceptors (Lipinski definition) is 8. The molecular weight excluding hydrogens is 516 g/mol. The Balaban J connectivity index is 0.000000840. The molecule has 0 radical (unpaired) electrons. The zero-order valence-corrected chi connectivity index (χ0v) is 22.3. The van der Waals surface area contributed by atoms with Crippen molar-refractivity contribution in [3.05, 3.63) is 107 Å². The number of carboxylic acids is 2. The summed E-state index contributed by atoms with van der Waals surface area (Å²) in [5.41, 5.74) is 4.50. The number of nitrogens with one attached hydrogen (secondary N) is 2. The smallest absolute Gasteiger partial charge is 0.414 e. The van der Waals surface area contributed by atoms with Crippen molar-refractivity contribution in [1.29, 1.82) is 0 Å². The van der Waals surface area contributed by atoms with Crippen LogP contribution in [0.3, 0.4) is 0 Å². The molecule has 0 spiro atoms. The van der Waals surface area contributed by atoms with Crippen molar-refractivity contribution in [2.24, 2.45) is 0 Å². The van der Waals surface area contributed by atoms with E-state index in [1.807, 2.05) is 60.7 Å². The third-order valence-electron chi connectivity index (χ3n) is 5.47. The molecule has 2 unspecified atom stereocenters. The van der Waals surface area contributed by atoms with E-state index in [1.165, 1.54) is 0 Å². The third-order valence-corrected chi connectivity index (χ3v) is 5.47. The molecule has 3 aromatic carbocycles. The lowest BCUT2D eigenvalue weighted by Gasteiger charge is -2.14. The molecule has 0 bridgehead atoms. The molecule has 0 saturated carbocycles. The zero-order chi connectivity index (χ0) is 29.0. The van der Waals surface area contributed by atoms with Gasteiger partial charge in [-0.05, 0) is 22.3 Å². The van der Waals surface area contributed by atoms with Gasteiger partial charge in [0.2, 0.25) is 0 Å². The van der Waals surface area contributed by atoms with Crippen LogP contribution in [0.15, 0.2) is 84.9 Å². The number of carbonyl (C=O) groups is 2. The van der Waals surface area contributed by atoms with E-state index in [9.17, 15) is 10.2 Å². The number of aliphatic hydroxyl groups excluding tert-OH is 2. The van der Waals surface area contributed by atoms with Crippen LogP contribution >= 0.6 is 0 Å². The summed E-state index contributed by atoms with van der Waals surface area (Å²) in [7, 11) is 0. The minimum absolute atomic E-state index is 0.301. The average Bonchev–Trinajstić information content (AvgIpc) is 2.95. The van der Waals surface area contributed by atoms with Crippen LogP contribution in [0, 0.1) is 0 Å². The van der Waals surface area contributed by atoms with Gasteiger partial charge in [-0.15, -0.1) is 0 Å². The summed E-state index contributed by atoms with van der Waals surface area (Å²) in [6.45, 7) is 3.92. The quantitative estimate of drug-likeness (QED) is 0.145. The van der Waals surface area contributed by atoms with Gasteiger partial charge in [0.1, 0.15) is 0 Å². The largest absolute Gasteiger partial charge is 0.473 e. The van der Waals surface area contributed by atoms with E-state index in [0.717, 1.165) is 22.3 Å². The molecule has 0 aliphatic carbocycles. The maximum Gasteiger partial charge on any atom is 0.414 e. The molecule has 2 atom stereocenters. The van der Waals surface area contributed by atoms with Crippen molar-refractivity contribution in [1.82, 2.24) is 10.6 Å². The third kappa shape index (κ3) is 15.1. The predicted molar refractivity (Wildman–Crippen MR) is 149 cm³/mol. The molecule has 3 rings (SSSR count). The summed E-state index contributed by atoms with van der Waals surface area (Å²) in [6.07, 6.45) is -1.09. The summed E-state index contributed by atoms with van der Waals surface area (Å²) in [5, 5.41) is 41.5. The molecule has 0 aromatic heterocycles. The second kappa shape index (κ2) is 19.4. The Bertz CT molecular complexity index is 1010. The number of benzene rings is 3. The SMILES string of the molecule is O=C(O)C(=O)O.OC(CNCc1ccc(CNCC(O)COCc2ccccc2)cc1)COCc1ccccc1. The van der Waals surface area contributed by atoms with E-state index in [-0.39, 0.29) is 0 Å². The summed E-state index contributed by atoms with van der Waals surface area (Å²) in [5.74, 6) is -3.65. The fourth-order valence-electron chi connectivity index (χ4n) is 3.43. The minimum atomic E-state index is -1.82. The van der Waals surface area contributed by atoms with Crippen molar-refractivity contribution >= 4 is 11.9 Å². The highest BCUT2D eigenvalue weighted by Gasteiger charge is 2.06. The average molecular weight is 555 g/mol. The van der Waals surface area contributed by atoms with Gasteiger partial charge < -0.3 is 40.5 Å². The Morgan fingerprint density at radius 2 is 0.925 bits per heavy atom. The fraction of sp³-hybridized carbons (Fsp3) is 0.333. The van der Waals surface area contributed by atoms with Crippen molar-refractivity contribution in [3.63, 3.8) is 0 Å². The highest BCUT2D eigenvalue weighted by molar-refractivity contribution is 6.27. The highest BCUT2D eigenvalue weighted by atomic mass is 16.5. The second-order valence-corrected chi connectivity index (χ2v) is 9.00. The molecule has 0 aliphatic rings. The summed E-state index contributed by atoms with van der Waals surface area (Å²) < 4.78 is 11.1. The van der Waals surface area contributed by atoms with Crippen molar-refractivity contribution in [2.45, 2.75) is 38.5 Å². The van der Waals surface area contributed by atoms with Gasteiger partial charge in [0.15, 0.2) is 0 Å². The van der Waals surface area contributed by atoms with Gasteiger partial charge >= 0.3 is 11.9 Å². The molecule has 10 nitrogen and oxygen atoms in total. The van der Waals surface area contributed by atoms with Crippen LogP contribution in [0.1, 0.15) is 22.3 Å². The van der Waals surface area contributed by atoms with Crippen molar-refractivity contribution in [3.8, 4) is 0 Å². The molecule has 216 valence electrons. The first-order chi connectivity index (χ1) is 19.3. The van der Waals surface area contributed by atoms with E-state index >= 15 is 0 Å². The van der Waals surface area contributed by atoms with Gasteiger partial charge in [-0.2, -0.15) is 0 Å². The van der Waals surface area contributed by atoms with Crippen LogP contribution in [0.2, 0.25) is 0 Å². The van der Waals surface area contributed by atoms with Crippen LogP contribution < -0.4 is 10.6 Å². The number of aliphatic carboxylic acids is 2. The predicted octanol–water partition coefficient (Wildman–Crippen LogP) is 2.18. The van der Waals surface area contributed by atoms with Crippen LogP contribution in [-0.2, 0) is 45.4 Å². The van der Waals surface area contributed by atoms with E-state index in [2.05, 4.69) is 34.9 Å². The zero-order valence-electron chi connectivity index (χ0n) is 22.3. The van der Waals surface area contributed by atoms with Gasteiger partial charge in [0, 0.05) is 26.2 Å². The first-order valence-corrected chi connectivity index (χ1v) is 12.9. The lowest BCUT2D eigenvalue weighted by atomic mass is 10.1. The molecule has 6 N–H and O–H groups in total. The van der Waals surface area contributed by atoms with E-state index in [0.29, 0.717) is 52.6 Å². The van der Waals surface area contributed by atoms with Gasteiger partial charge in [-0.25, -0.2) is 9.59 Å². The molecule has 0 heterocycles. The van der Waals surface area contributed by atoms with E-state index < -0.39 is 24.1 Å². The first kappa shape index (κ1) is 32.6. The van der Waals surface area contributed by atoms with Crippen LogP contribution in [0.25, 0.3) is 0 Å². The Kier molecular flexibility index (Phi) is 15.8. The highest BCUT2D eigenvalue weighted by Crippen LogP contribution is 2.05. The molecule has 0 amide bonds. The monoisotopic (exact) mass is 554 g/mol. The topological polar surface area (TPSA) is 158 Å². The number of carboxylic acid groups (broad SMARTS) is 2.